The monoisotopic (exact) mass is 1430 g/mol. The Bertz CT molecular complexity index is 2020. The van der Waals surface area contributed by atoms with Gasteiger partial charge in [-0.05, 0) is 103 Å². The van der Waals surface area contributed by atoms with Crippen molar-refractivity contribution in [3.63, 3.8) is 0 Å². The van der Waals surface area contributed by atoms with Crippen LogP contribution in [0, 0.1) is 7.83 Å². The van der Waals surface area contributed by atoms with Crippen LogP contribution in [0.4, 0.5) is 79.0 Å². The van der Waals surface area contributed by atoms with E-state index in [1.165, 1.54) is 128 Å². The van der Waals surface area contributed by atoms with Gasteiger partial charge in [0, 0.05) is 0 Å². The number of hydrogen-bond donors (Lipinski definition) is 2. The van der Waals surface area contributed by atoms with Crippen molar-refractivity contribution in [2.45, 2.75) is 186 Å². The average molecular weight is 1430 g/mol. The van der Waals surface area contributed by atoms with Gasteiger partial charge in [0.05, 0.1) is 46.1 Å². The van der Waals surface area contributed by atoms with E-state index in [1.807, 2.05) is 9.80 Å². The molecule has 440 valence electrons. The molecule has 0 heterocycles. The molecule has 40 heteroatoms. The molecule has 74 heavy (non-hydrogen) atoms. The molecule has 0 saturated heterocycles. The van der Waals surface area contributed by atoms with Crippen molar-refractivity contribution in [3.05, 3.63) is 7.83 Å². The van der Waals surface area contributed by atoms with Gasteiger partial charge in [-0.25, -0.2) is 0 Å². The summed E-state index contributed by atoms with van der Waals surface area (Å²) in [6.45, 7) is 0. The Kier molecular flexibility index (Phi) is 29.9. The number of hydrogen-bond acceptors (Lipinski definition) is 12. The third-order valence-electron chi connectivity index (χ3n) is 12.1. The molecule has 4 aliphatic rings. The SMILES string of the molecule is C[NH+](C1CCCCC1)C1CCCCC1.C[NH+](C1CCCCC1)C1CCCCC1.O=S(=O)([C-](S(=O)(=O)C(F)(F)F)S(=O)(=O)C(F)(F)F)C(F)(F)F.O=S(=O)([C-](S(=O)(=O)C(F)(F)F)S(=O)(=O)C(F)(F)F)C(F)(F)F.[Br-].[Cs+]. The predicted molar refractivity (Wildman–Crippen MR) is 218 cm³/mol. The van der Waals surface area contributed by atoms with Crippen LogP contribution in [0.5, 0.6) is 0 Å². The molecule has 0 aromatic rings. The van der Waals surface area contributed by atoms with E-state index in [2.05, 4.69) is 14.1 Å². The van der Waals surface area contributed by atoms with Crippen molar-refractivity contribution >= 4 is 59.0 Å². The van der Waals surface area contributed by atoms with E-state index in [0.29, 0.717) is 0 Å². The topological polar surface area (TPSA) is 214 Å². The summed E-state index contributed by atoms with van der Waals surface area (Å²) in [6, 6.07) is 4.03. The maximum Gasteiger partial charge on any atom is 1.00 e. The molecule has 0 bridgehead atoms. The zero-order valence-corrected chi connectivity index (χ0v) is 51.7. The van der Waals surface area contributed by atoms with Gasteiger partial charge in [-0.1, -0.05) is 25.7 Å². The second-order valence-corrected chi connectivity index (χ2v) is 29.8. The van der Waals surface area contributed by atoms with Gasteiger partial charge in [-0.2, -0.15) is 79.0 Å². The van der Waals surface area contributed by atoms with Crippen LogP contribution in [0.25, 0.3) is 0 Å². The Morgan fingerprint density at radius 2 is 0.392 bits per heavy atom. The Hall–Kier alpha value is 0.892. The van der Waals surface area contributed by atoms with Crippen molar-refractivity contribution in [1.29, 1.82) is 0 Å². The van der Waals surface area contributed by atoms with Crippen molar-refractivity contribution in [2.24, 2.45) is 0 Å². The van der Waals surface area contributed by atoms with Gasteiger partial charge in [0.1, 0.15) is 0 Å². The summed E-state index contributed by atoms with van der Waals surface area (Å²) in [7, 11) is -43.2. The van der Waals surface area contributed by atoms with Crippen LogP contribution >= 0.6 is 0 Å². The third kappa shape index (κ3) is 19.5. The standard InChI is InChI=1S/2C13H25N.2C4F9O6S3.BrH.Cs/c2*1-14(12-8-4-2-5-9-12)13-10-6-3-7-11-13;2*5-2(6,7)20(14,15)1(21(16,17)3(8,9)10)22(18,19)4(11,12)13;;/h2*12-13H,2-11H2,1H3;;;1H;/q;;2*-1;;+1/p+1. The third-order valence-corrected chi connectivity index (χ3v) is 26.3. The molecule has 4 rings (SSSR count). The second-order valence-electron chi connectivity index (χ2n) is 17.0. The van der Waals surface area contributed by atoms with Gasteiger partial charge < -0.3 is 26.8 Å². The van der Waals surface area contributed by atoms with Gasteiger partial charge in [0.25, 0.3) is 0 Å². The number of nitrogens with one attached hydrogen (secondary N) is 2. The van der Waals surface area contributed by atoms with E-state index in [1.54, 1.807) is 0 Å². The largest absolute Gasteiger partial charge is 1.00 e. The minimum absolute atomic E-state index is 0. The zero-order valence-electron chi connectivity index (χ0n) is 39.0. The van der Waals surface area contributed by atoms with E-state index in [-0.39, 0.29) is 85.9 Å². The molecular weight excluding hydrogens is 1380 g/mol. The van der Waals surface area contributed by atoms with Crippen LogP contribution in [-0.2, 0) is 59.0 Å². The number of rotatable bonds is 10. The van der Waals surface area contributed by atoms with Crippen LogP contribution in [0.1, 0.15) is 128 Å². The van der Waals surface area contributed by atoms with Crippen LogP contribution in [0.2, 0.25) is 0 Å². The van der Waals surface area contributed by atoms with E-state index < -0.39 is 99.9 Å². The van der Waals surface area contributed by atoms with Gasteiger partial charge >= 0.3 is 102 Å². The number of halogens is 19. The van der Waals surface area contributed by atoms with Gasteiger partial charge in [-0.3, -0.25) is 50.5 Å². The summed E-state index contributed by atoms with van der Waals surface area (Å²) in [5.74, 6) is 0. The van der Waals surface area contributed by atoms with Crippen molar-refractivity contribution in [3.8, 4) is 0 Å². The Morgan fingerprint density at radius 1 is 0.284 bits per heavy atom. The van der Waals surface area contributed by atoms with Gasteiger partial charge in [0.15, 0.2) is 59.0 Å². The van der Waals surface area contributed by atoms with Crippen LogP contribution in [0.15, 0.2) is 0 Å². The maximum atomic E-state index is 12.0. The minimum atomic E-state index is -8.02. The van der Waals surface area contributed by atoms with Crippen molar-refractivity contribution in [1.82, 2.24) is 0 Å². The molecule has 0 spiro atoms. The fraction of sp³-hybridized carbons (Fsp3) is 0.941. The molecule has 0 radical (unpaired) electrons. The van der Waals surface area contributed by atoms with E-state index >= 15 is 0 Å². The van der Waals surface area contributed by atoms with E-state index in [0.717, 1.165) is 24.2 Å². The van der Waals surface area contributed by atoms with Crippen molar-refractivity contribution < 1.29 is 225 Å². The average Bonchev–Trinajstić information content (AvgIpc) is 3.22. The van der Waals surface area contributed by atoms with Crippen LogP contribution < -0.4 is 95.7 Å². The molecule has 0 atom stereocenters. The first-order valence-electron chi connectivity index (χ1n) is 21.3. The molecule has 0 unspecified atom stereocenters. The summed E-state index contributed by atoms with van der Waals surface area (Å²) in [4.78, 5) is 3.76. The summed E-state index contributed by atoms with van der Waals surface area (Å²) < 4.78 is 335. The summed E-state index contributed by atoms with van der Waals surface area (Å²) in [6.07, 6.45) is 30.0. The first-order valence-corrected chi connectivity index (χ1v) is 30.2. The molecule has 4 saturated carbocycles. The van der Waals surface area contributed by atoms with Crippen LogP contribution in [-0.4, -0.2) is 122 Å². The molecular formula is C34H52BrCsF18N2O12S6. The summed E-state index contributed by atoms with van der Waals surface area (Å²) >= 11 is 0. The fourth-order valence-electron chi connectivity index (χ4n) is 8.33. The quantitative estimate of drug-likeness (QED) is 0.230. The van der Waals surface area contributed by atoms with E-state index in [4.69, 9.17) is 0 Å². The van der Waals surface area contributed by atoms with Crippen molar-refractivity contribution in [2.75, 3.05) is 14.1 Å². The molecule has 0 aliphatic heterocycles. The maximum absolute atomic E-state index is 12.0. The molecule has 0 aromatic heterocycles. The minimum Gasteiger partial charge on any atom is -1.00 e. The summed E-state index contributed by atoms with van der Waals surface area (Å²) in [5, 5.41) is 0. The normalized spacial score (nSPS) is 19.8. The second kappa shape index (κ2) is 28.7. The number of alkyl halides is 18. The Labute approximate surface area is 486 Å². The Balaban J connectivity index is 0. The zero-order chi connectivity index (χ0) is 56.8. The molecule has 4 fully saturated rings. The number of quaternary nitrogens is 2. The predicted octanol–water partition coefficient (Wildman–Crippen LogP) is 0.815. The Morgan fingerprint density at radius 3 is 0.486 bits per heavy atom. The summed E-state index contributed by atoms with van der Waals surface area (Å²) in [5.41, 5.74) is -42.3. The molecule has 0 aromatic carbocycles. The molecule has 2 N–H and O–H groups in total. The van der Waals surface area contributed by atoms with Gasteiger partial charge in [-0.15, -0.1) is 0 Å². The smallest absolute Gasteiger partial charge is 1.00 e. The number of sulfone groups is 6. The first-order chi connectivity index (χ1) is 32.0. The fourth-order valence-corrected chi connectivity index (χ4v) is 19.8. The molecule has 14 nitrogen and oxygen atoms in total. The molecule has 0 amide bonds. The first kappa shape index (κ1) is 77.0. The van der Waals surface area contributed by atoms with Gasteiger partial charge in [0.2, 0.25) is 0 Å². The molecule has 4 aliphatic carbocycles. The van der Waals surface area contributed by atoms with E-state index in [9.17, 15) is 130 Å². The van der Waals surface area contributed by atoms with Crippen LogP contribution in [0.3, 0.4) is 0 Å².